The van der Waals surface area contributed by atoms with Gasteiger partial charge in [0.1, 0.15) is 12.4 Å². The lowest BCUT2D eigenvalue weighted by Crippen LogP contribution is -2.07. The maximum Gasteiger partial charge on any atom is 0.338 e. The van der Waals surface area contributed by atoms with Crippen LogP contribution in [-0.4, -0.2) is 12.6 Å². The largest absolute Gasteiger partial charge is 0.493 e. The van der Waals surface area contributed by atoms with E-state index in [0.29, 0.717) is 23.6 Å². The van der Waals surface area contributed by atoms with Crippen molar-refractivity contribution in [1.29, 1.82) is 0 Å². The summed E-state index contributed by atoms with van der Waals surface area (Å²) in [7, 11) is 0. The highest BCUT2D eigenvalue weighted by atomic mass is 16.5. The molecule has 0 amide bonds. The Labute approximate surface area is 130 Å². The van der Waals surface area contributed by atoms with Gasteiger partial charge in [0.15, 0.2) is 0 Å². The summed E-state index contributed by atoms with van der Waals surface area (Å²) in [5, 5.41) is 0. The van der Waals surface area contributed by atoms with Gasteiger partial charge in [0, 0.05) is 11.8 Å². The lowest BCUT2D eigenvalue weighted by Gasteiger charge is -2.09. The Balaban J connectivity index is 1.99. The van der Waals surface area contributed by atoms with Crippen LogP contribution in [0.3, 0.4) is 0 Å². The van der Waals surface area contributed by atoms with E-state index in [-0.39, 0.29) is 6.61 Å². The number of ether oxygens (including phenoxy) is 2. The Hall–Kier alpha value is -2.49. The molecule has 0 fully saturated rings. The zero-order chi connectivity index (χ0) is 15.8. The molecule has 0 radical (unpaired) electrons. The number of hydrogen-bond acceptors (Lipinski definition) is 4. The van der Waals surface area contributed by atoms with Gasteiger partial charge in [0.25, 0.3) is 0 Å². The third kappa shape index (κ3) is 4.81. The van der Waals surface area contributed by atoms with Gasteiger partial charge in [-0.1, -0.05) is 43.7 Å². The summed E-state index contributed by atoms with van der Waals surface area (Å²) in [5.74, 6) is 0.191. The standard InChI is InChI=1S/C18H21NO3/c1-2-3-9-21-17-11-15(10-16(19)12-17)18(20)22-13-14-7-5-4-6-8-14/h4-8,10-12H,2-3,9,13,19H2,1H3. The van der Waals surface area contributed by atoms with Gasteiger partial charge in [-0.3, -0.25) is 0 Å². The number of rotatable bonds is 7. The second-order valence-electron chi connectivity index (χ2n) is 5.05. The molecule has 2 N–H and O–H groups in total. The van der Waals surface area contributed by atoms with Gasteiger partial charge in [-0.05, 0) is 24.1 Å². The summed E-state index contributed by atoms with van der Waals surface area (Å²) in [4.78, 5) is 12.1. The molecule has 116 valence electrons. The number of esters is 1. The van der Waals surface area contributed by atoms with E-state index in [1.807, 2.05) is 30.3 Å². The van der Waals surface area contributed by atoms with E-state index in [2.05, 4.69) is 6.92 Å². The molecule has 2 rings (SSSR count). The molecule has 0 bridgehead atoms. The second-order valence-corrected chi connectivity index (χ2v) is 5.05. The summed E-state index contributed by atoms with van der Waals surface area (Å²) >= 11 is 0. The van der Waals surface area contributed by atoms with Crippen molar-refractivity contribution in [2.75, 3.05) is 12.3 Å². The van der Waals surface area contributed by atoms with E-state index < -0.39 is 5.97 Å². The minimum atomic E-state index is -0.406. The predicted molar refractivity (Wildman–Crippen MR) is 86.8 cm³/mol. The van der Waals surface area contributed by atoms with E-state index in [1.165, 1.54) is 0 Å². The van der Waals surface area contributed by atoms with Crippen LogP contribution in [0.25, 0.3) is 0 Å². The van der Waals surface area contributed by atoms with Gasteiger partial charge >= 0.3 is 5.97 Å². The van der Waals surface area contributed by atoms with E-state index in [0.717, 1.165) is 18.4 Å². The van der Waals surface area contributed by atoms with Crippen molar-refractivity contribution >= 4 is 11.7 Å². The van der Waals surface area contributed by atoms with Crippen molar-refractivity contribution in [2.45, 2.75) is 26.4 Å². The Morgan fingerprint density at radius 1 is 1.14 bits per heavy atom. The van der Waals surface area contributed by atoms with Crippen molar-refractivity contribution < 1.29 is 14.3 Å². The molecule has 0 heterocycles. The lowest BCUT2D eigenvalue weighted by atomic mass is 10.2. The summed E-state index contributed by atoms with van der Waals surface area (Å²) in [5.41, 5.74) is 7.66. The van der Waals surface area contributed by atoms with Crippen LogP contribution in [0.5, 0.6) is 5.75 Å². The normalized spacial score (nSPS) is 10.2. The number of anilines is 1. The van der Waals surface area contributed by atoms with Crippen LogP contribution in [0.2, 0.25) is 0 Å². The fourth-order valence-corrected chi connectivity index (χ4v) is 1.96. The molecule has 2 aromatic rings. The van der Waals surface area contributed by atoms with Crippen molar-refractivity contribution in [3.05, 3.63) is 59.7 Å². The zero-order valence-electron chi connectivity index (χ0n) is 12.7. The Morgan fingerprint density at radius 2 is 1.91 bits per heavy atom. The van der Waals surface area contributed by atoms with Gasteiger partial charge in [-0.2, -0.15) is 0 Å². The van der Waals surface area contributed by atoms with Crippen LogP contribution in [-0.2, 0) is 11.3 Å². The average molecular weight is 299 g/mol. The van der Waals surface area contributed by atoms with Crippen molar-refractivity contribution in [3.63, 3.8) is 0 Å². The van der Waals surface area contributed by atoms with Gasteiger partial charge in [0.05, 0.1) is 12.2 Å². The molecule has 0 aliphatic carbocycles. The van der Waals surface area contributed by atoms with Crippen molar-refractivity contribution in [3.8, 4) is 5.75 Å². The summed E-state index contributed by atoms with van der Waals surface area (Å²) in [6.45, 7) is 2.94. The summed E-state index contributed by atoms with van der Waals surface area (Å²) in [6.07, 6.45) is 2.01. The maximum atomic E-state index is 12.1. The molecule has 0 saturated carbocycles. The molecule has 0 spiro atoms. The van der Waals surface area contributed by atoms with Gasteiger partial charge in [0.2, 0.25) is 0 Å². The van der Waals surface area contributed by atoms with Gasteiger partial charge in [-0.25, -0.2) is 4.79 Å². The van der Waals surface area contributed by atoms with Gasteiger partial charge in [-0.15, -0.1) is 0 Å². The first-order valence-corrected chi connectivity index (χ1v) is 7.43. The smallest absolute Gasteiger partial charge is 0.338 e. The summed E-state index contributed by atoms with van der Waals surface area (Å²) < 4.78 is 10.9. The highest BCUT2D eigenvalue weighted by Crippen LogP contribution is 2.20. The minimum absolute atomic E-state index is 0.237. The van der Waals surface area contributed by atoms with Crippen LogP contribution in [0.15, 0.2) is 48.5 Å². The van der Waals surface area contributed by atoms with E-state index in [4.69, 9.17) is 15.2 Å². The monoisotopic (exact) mass is 299 g/mol. The lowest BCUT2D eigenvalue weighted by molar-refractivity contribution is 0.0472. The number of carbonyl (C=O) groups excluding carboxylic acids is 1. The topological polar surface area (TPSA) is 61.5 Å². The van der Waals surface area contributed by atoms with E-state index >= 15 is 0 Å². The van der Waals surface area contributed by atoms with E-state index in [1.54, 1.807) is 18.2 Å². The molecule has 0 aliphatic rings. The first-order valence-electron chi connectivity index (χ1n) is 7.43. The van der Waals surface area contributed by atoms with Crippen LogP contribution in [0, 0.1) is 0 Å². The van der Waals surface area contributed by atoms with Crippen LogP contribution >= 0.6 is 0 Å². The highest BCUT2D eigenvalue weighted by molar-refractivity contribution is 5.91. The summed E-state index contributed by atoms with van der Waals surface area (Å²) in [6, 6.07) is 14.5. The first kappa shape index (κ1) is 15.9. The molecule has 4 nitrogen and oxygen atoms in total. The second kappa shape index (κ2) is 8.08. The fraction of sp³-hybridized carbons (Fsp3) is 0.278. The number of nitrogen functional groups attached to an aromatic ring is 1. The molecule has 0 aliphatic heterocycles. The average Bonchev–Trinajstić information content (AvgIpc) is 2.53. The number of carbonyl (C=O) groups is 1. The highest BCUT2D eigenvalue weighted by Gasteiger charge is 2.10. The predicted octanol–water partition coefficient (Wildman–Crippen LogP) is 3.80. The third-order valence-electron chi connectivity index (χ3n) is 3.14. The van der Waals surface area contributed by atoms with Crippen LogP contribution in [0.1, 0.15) is 35.7 Å². The van der Waals surface area contributed by atoms with Crippen LogP contribution in [0.4, 0.5) is 5.69 Å². The van der Waals surface area contributed by atoms with Crippen LogP contribution < -0.4 is 10.5 Å². The molecule has 0 saturated heterocycles. The number of benzene rings is 2. The Kier molecular flexibility index (Phi) is 5.83. The Morgan fingerprint density at radius 3 is 2.64 bits per heavy atom. The van der Waals surface area contributed by atoms with E-state index in [9.17, 15) is 4.79 Å². The van der Waals surface area contributed by atoms with Crippen molar-refractivity contribution in [2.24, 2.45) is 0 Å². The zero-order valence-corrected chi connectivity index (χ0v) is 12.7. The fourth-order valence-electron chi connectivity index (χ4n) is 1.96. The number of nitrogens with two attached hydrogens (primary N) is 1. The molecule has 0 unspecified atom stereocenters. The Bertz CT molecular complexity index is 611. The molecule has 4 heteroatoms. The molecule has 0 atom stereocenters. The quantitative estimate of drug-likeness (QED) is 0.480. The number of unbranched alkanes of at least 4 members (excludes halogenated alkanes) is 1. The number of hydrogen-bond donors (Lipinski definition) is 1. The molecule has 22 heavy (non-hydrogen) atoms. The SMILES string of the molecule is CCCCOc1cc(N)cc(C(=O)OCc2ccccc2)c1. The molecule has 2 aromatic carbocycles. The van der Waals surface area contributed by atoms with Crippen molar-refractivity contribution in [1.82, 2.24) is 0 Å². The third-order valence-corrected chi connectivity index (χ3v) is 3.14. The molecular weight excluding hydrogens is 278 g/mol. The first-order chi connectivity index (χ1) is 10.7. The molecular formula is C18H21NO3. The molecule has 0 aromatic heterocycles. The minimum Gasteiger partial charge on any atom is -0.493 e. The van der Waals surface area contributed by atoms with Gasteiger partial charge < -0.3 is 15.2 Å². The maximum absolute atomic E-state index is 12.1.